The molecule has 1 aliphatic heterocycles. The molecule has 2 aromatic rings. The van der Waals surface area contributed by atoms with E-state index in [2.05, 4.69) is 10.4 Å². The molecule has 2 heterocycles. The van der Waals surface area contributed by atoms with Crippen molar-refractivity contribution in [1.82, 2.24) is 15.1 Å². The first-order valence-electron chi connectivity index (χ1n) is 8.83. The maximum Gasteiger partial charge on any atom is 0.251 e. The standard InChI is InChI=1S/C19H23N3O3/c1-22-11-15(10-20-22)18(14-8-16(23)9-14)21-19(24)13-4-5-17-12(7-13)3-2-6-25-17/h4-5,7,10-11,14,16,18,23H,2-3,6,8-9H2,1H3,(H,21,24)/t14?,16?,18-/m0/s1. The van der Waals surface area contributed by atoms with Crippen molar-refractivity contribution in [2.75, 3.05) is 6.61 Å². The van der Waals surface area contributed by atoms with Gasteiger partial charge in [0.25, 0.3) is 5.91 Å². The number of carbonyl (C=O) groups excluding carboxylic acids is 1. The molecule has 1 fully saturated rings. The van der Waals surface area contributed by atoms with Gasteiger partial charge in [-0.05, 0) is 55.4 Å². The number of rotatable bonds is 4. The summed E-state index contributed by atoms with van der Waals surface area (Å²) in [5, 5.41) is 17.0. The number of aromatic nitrogens is 2. The summed E-state index contributed by atoms with van der Waals surface area (Å²) in [7, 11) is 1.86. The number of carbonyl (C=O) groups is 1. The number of fused-ring (bicyclic) bond motifs is 1. The van der Waals surface area contributed by atoms with Crippen LogP contribution in [0.1, 0.15) is 46.8 Å². The highest BCUT2D eigenvalue weighted by molar-refractivity contribution is 5.95. The maximum absolute atomic E-state index is 12.8. The molecule has 0 radical (unpaired) electrons. The van der Waals surface area contributed by atoms with Crippen LogP contribution in [0, 0.1) is 5.92 Å². The second-order valence-corrected chi connectivity index (χ2v) is 7.06. The van der Waals surface area contributed by atoms with Crippen molar-refractivity contribution in [2.45, 2.75) is 37.8 Å². The SMILES string of the molecule is Cn1cc([C@@H](NC(=O)c2ccc3c(c2)CCCO3)C2CC(O)C2)cn1. The summed E-state index contributed by atoms with van der Waals surface area (Å²) in [5.41, 5.74) is 2.72. The highest BCUT2D eigenvalue weighted by Crippen LogP contribution is 2.38. The molecule has 25 heavy (non-hydrogen) atoms. The van der Waals surface area contributed by atoms with E-state index in [1.807, 2.05) is 31.4 Å². The lowest BCUT2D eigenvalue weighted by atomic mass is 9.75. The molecule has 1 aromatic heterocycles. The van der Waals surface area contributed by atoms with Gasteiger partial charge in [-0.15, -0.1) is 0 Å². The van der Waals surface area contributed by atoms with E-state index in [-0.39, 0.29) is 24.0 Å². The Hall–Kier alpha value is -2.34. The van der Waals surface area contributed by atoms with Crippen molar-refractivity contribution in [3.05, 3.63) is 47.3 Å². The van der Waals surface area contributed by atoms with Gasteiger partial charge in [-0.2, -0.15) is 5.10 Å². The number of ether oxygens (including phenoxy) is 1. The monoisotopic (exact) mass is 341 g/mol. The zero-order chi connectivity index (χ0) is 17.4. The Kier molecular flexibility index (Phi) is 4.21. The van der Waals surface area contributed by atoms with Crippen molar-refractivity contribution in [1.29, 1.82) is 0 Å². The molecule has 1 saturated carbocycles. The normalized spacial score (nSPS) is 23.1. The predicted octanol–water partition coefficient (Wildman–Crippen LogP) is 1.99. The molecule has 0 spiro atoms. The molecular weight excluding hydrogens is 318 g/mol. The third-order valence-corrected chi connectivity index (χ3v) is 5.16. The fourth-order valence-electron chi connectivity index (χ4n) is 3.70. The van der Waals surface area contributed by atoms with Gasteiger partial charge < -0.3 is 15.2 Å². The Balaban J connectivity index is 1.54. The van der Waals surface area contributed by atoms with Gasteiger partial charge in [0.1, 0.15) is 5.75 Å². The maximum atomic E-state index is 12.8. The Morgan fingerprint density at radius 3 is 3.00 bits per heavy atom. The summed E-state index contributed by atoms with van der Waals surface area (Å²) in [6, 6.07) is 5.50. The highest BCUT2D eigenvalue weighted by Gasteiger charge is 2.36. The molecule has 1 amide bonds. The number of aliphatic hydroxyl groups is 1. The van der Waals surface area contributed by atoms with Crippen molar-refractivity contribution in [3.8, 4) is 5.75 Å². The Morgan fingerprint density at radius 1 is 1.44 bits per heavy atom. The summed E-state index contributed by atoms with van der Waals surface area (Å²) >= 11 is 0. The van der Waals surface area contributed by atoms with Crippen LogP contribution in [0.15, 0.2) is 30.6 Å². The van der Waals surface area contributed by atoms with Crippen LogP contribution in [0.3, 0.4) is 0 Å². The molecule has 0 unspecified atom stereocenters. The molecule has 1 aliphatic carbocycles. The molecule has 0 bridgehead atoms. The zero-order valence-electron chi connectivity index (χ0n) is 14.3. The molecule has 1 atom stereocenters. The van der Waals surface area contributed by atoms with Crippen molar-refractivity contribution in [3.63, 3.8) is 0 Å². The Bertz CT molecular complexity index is 780. The number of aliphatic hydroxyl groups excluding tert-OH is 1. The summed E-state index contributed by atoms with van der Waals surface area (Å²) in [6.45, 7) is 0.742. The molecular formula is C19H23N3O3. The van der Waals surface area contributed by atoms with E-state index in [0.717, 1.165) is 36.3 Å². The number of nitrogens with one attached hydrogen (secondary N) is 1. The largest absolute Gasteiger partial charge is 0.493 e. The minimum atomic E-state index is -0.262. The van der Waals surface area contributed by atoms with Crippen LogP contribution in [0.25, 0.3) is 0 Å². The van der Waals surface area contributed by atoms with E-state index < -0.39 is 0 Å². The second kappa shape index (κ2) is 6.52. The zero-order valence-corrected chi connectivity index (χ0v) is 14.3. The van der Waals surface area contributed by atoms with E-state index in [1.165, 1.54) is 0 Å². The Labute approximate surface area is 146 Å². The predicted molar refractivity (Wildman–Crippen MR) is 92.4 cm³/mol. The molecule has 1 aromatic carbocycles. The van der Waals surface area contributed by atoms with Gasteiger partial charge >= 0.3 is 0 Å². The third-order valence-electron chi connectivity index (χ3n) is 5.16. The van der Waals surface area contributed by atoms with Gasteiger partial charge in [-0.1, -0.05) is 0 Å². The third kappa shape index (κ3) is 3.26. The summed E-state index contributed by atoms with van der Waals surface area (Å²) < 4.78 is 7.35. The lowest BCUT2D eigenvalue weighted by molar-refractivity contribution is 0.0235. The Morgan fingerprint density at radius 2 is 2.28 bits per heavy atom. The van der Waals surface area contributed by atoms with Crippen LogP contribution in [-0.4, -0.2) is 33.5 Å². The fraction of sp³-hybridized carbons (Fsp3) is 0.474. The smallest absolute Gasteiger partial charge is 0.251 e. The van der Waals surface area contributed by atoms with E-state index >= 15 is 0 Å². The molecule has 2 N–H and O–H groups in total. The van der Waals surface area contributed by atoms with Gasteiger partial charge in [0.05, 0.1) is 24.9 Å². The molecule has 6 heteroatoms. The topological polar surface area (TPSA) is 76.4 Å². The van der Waals surface area contributed by atoms with Crippen LogP contribution in [0.4, 0.5) is 0 Å². The van der Waals surface area contributed by atoms with Gasteiger partial charge in [-0.3, -0.25) is 9.48 Å². The van der Waals surface area contributed by atoms with Gasteiger partial charge in [-0.25, -0.2) is 0 Å². The van der Waals surface area contributed by atoms with E-state index in [4.69, 9.17) is 4.74 Å². The highest BCUT2D eigenvalue weighted by atomic mass is 16.5. The average molecular weight is 341 g/mol. The first-order chi connectivity index (χ1) is 12.1. The molecule has 2 aliphatic rings. The van der Waals surface area contributed by atoms with Crippen LogP contribution < -0.4 is 10.1 Å². The summed E-state index contributed by atoms with van der Waals surface area (Å²) in [5.74, 6) is 1.03. The van der Waals surface area contributed by atoms with Crippen molar-refractivity contribution in [2.24, 2.45) is 13.0 Å². The van der Waals surface area contributed by atoms with Gasteiger partial charge in [0, 0.05) is 24.4 Å². The van der Waals surface area contributed by atoms with Crippen LogP contribution in [0.2, 0.25) is 0 Å². The second-order valence-electron chi connectivity index (χ2n) is 7.06. The minimum absolute atomic E-state index is 0.0939. The number of benzene rings is 1. The number of hydrogen-bond acceptors (Lipinski definition) is 4. The molecule has 6 nitrogen and oxygen atoms in total. The summed E-state index contributed by atoms with van der Waals surface area (Å²) in [6.07, 6.45) is 6.79. The number of amides is 1. The summed E-state index contributed by atoms with van der Waals surface area (Å²) in [4.78, 5) is 12.8. The van der Waals surface area contributed by atoms with Crippen LogP contribution >= 0.6 is 0 Å². The fourth-order valence-corrected chi connectivity index (χ4v) is 3.70. The van der Waals surface area contributed by atoms with E-state index in [1.54, 1.807) is 10.9 Å². The number of aryl methyl sites for hydroxylation is 2. The van der Waals surface area contributed by atoms with Gasteiger partial charge in [0.2, 0.25) is 0 Å². The number of nitrogens with zero attached hydrogens (tertiary/aromatic N) is 2. The minimum Gasteiger partial charge on any atom is -0.493 e. The lowest BCUT2D eigenvalue weighted by Gasteiger charge is -2.37. The van der Waals surface area contributed by atoms with E-state index in [0.29, 0.717) is 18.4 Å². The molecule has 132 valence electrons. The molecule has 4 rings (SSSR count). The quantitative estimate of drug-likeness (QED) is 0.892. The first-order valence-corrected chi connectivity index (χ1v) is 8.83. The lowest BCUT2D eigenvalue weighted by Crippen LogP contribution is -2.41. The molecule has 0 saturated heterocycles. The van der Waals surface area contributed by atoms with Crippen molar-refractivity contribution >= 4 is 5.91 Å². The van der Waals surface area contributed by atoms with Gasteiger partial charge in [0.15, 0.2) is 0 Å². The number of hydrogen-bond donors (Lipinski definition) is 2. The van der Waals surface area contributed by atoms with Crippen LogP contribution in [-0.2, 0) is 13.5 Å². The van der Waals surface area contributed by atoms with Crippen LogP contribution in [0.5, 0.6) is 5.75 Å². The average Bonchev–Trinajstić information content (AvgIpc) is 3.03. The van der Waals surface area contributed by atoms with E-state index in [9.17, 15) is 9.90 Å². The van der Waals surface area contributed by atoms with Crippen molar-refractivity contribution < 1.29 is 14.6 Å². The first kappa shape index (κ1) is 16.1.